The molecule has 1 unspecified atom stereocenters. The first-order valence-corrected chi connectivity index (χ1v) is 23.1. The summed E-state index contributed by atoms with van der Waals surface area (Å²) in [6.45, 7) is 0. The van der Waals surface area contributed by atoms with Crippen LogP contribution in [0.4, 0.5) is 0 Å². The van der Waals surface area contributed by atoms with E-state index in [1.807, 2.05) is 0 Å². The summed E-state index contributed by atoms with van der Waals surface area (Å²) in [7, 11) is 0. The molecule has 0 aliphatic heterocycles. The third-order valence-corrected chi connectivity index (χ3v) is 16.8. The molecule has 6 aliphatic carbocycles. The highest BCUT2D eigenvalue weighted by Gasteiger charge is 2.49. The quantitative estimate of drug-likeness (QED) is 0.168. The van der Waals surface area contributed by atoms with Gasteiger partial charge in [-0.2, -0.15) is 0 Å². The van der Waals surface area contributed by atoms with Gasteiger partial charge in [-0.15, -0.1) is 0 Å². The average Bonchev–Trinajstić information content (AvgIpc) is 4.20. The highest BCUT2D eigenvalue weighted by atomic mass is 14.5. The Morgan fingerprint density at radius 1 is 0.262 bits per heavy atom. The average molecular weight is 781 g/mol. The van der Waals surface area contributed by atoms with E-state index in [2.05, 4.69) is 170 Å². The summed E-state index contributed by atoms with van der Waals surface area (Å²) in [6.07, 6.45) is 12.5. The Kier molecular flexibility index (Phi) is 7.02. The third-order valence-electron chi connectivity index (χ3n) is 16.8. The van der Waals surface area contributed by atoms with E-state index in [4.69, 9.17) is 0 Å². The van der Waals surface area contributed by atoms with Crippen LogP contribution in [-0.2, 0) is 22.7 Å². The van der Waals surface area contributed by atoms with Gasteiger partial charge in [-0.05, 0) is 180 Å². The smallest absolute Gasteiger partial charge is 0.0469 e. The number of hydrogen-bond acceptors (Lipinski definition) is 0. The molecular formula is C61H48. The molecule has 14 rings (SSSR count). The molecule has 6 aliphatic rings. The van der Waals surface area contributed by atoms with Crippen LogP contribution in [0.3, 0.4) is 0 Å². The largest absolute Gasteiger partial charge is 0.0620 e. The molecule has 0 aromatic heterocycles. The van der Waals surface area contributed by atoms with Gasteiger partial charge in [0.05, 0.1) is 0 Å². The Morgan fingerprint density at radius 2 is 0.639 bits per heavy atom. The van der Waals surface area contributed by atoms with Gasteiger partial charge in [-0.3, -0.25) is 0 Å². The first-order valence-electron chi connectivity index (χ1n) is 23.1. The second kappa shape index (κ2) is 12.4. The predicted molar refractivity (Wildman–Crippen MR) is 252 cm³/mol. The molecular weight excluding hydrogens is 733 g/mol. The van der Waals surface area contributed by atoms with Crippen molar-refractivity contribution in [1.29, 1.82) is 0 Å². The summed E-state index contributed by atoms with van der Waals surface area (Å²) in [6, 6.07) is 66.8. The van der Waals surface area contributed by atoms with E-state index in [-0.39, 0.29) is 16.2 Å². The molecule has 8 aromatic carbocycles. The molecule has 0 radical (unpaired) electrons. The van der Waals surface area contributed by atoms with Gasteiger partial charge in [0.25, 0.3) is 0 Å². The molecule has 0 N–H and O–H groups in total. The van der Waals surface area contributed by atoms with E-state index in [9.17, 15) is 0 Å². The van der Waals surface area contributed by atoms with E-state index in [1.165, 1.54) is 140 Å². The fourth-order valence-electron chi connectivity index (χ4n) is 14.1. The summed E-state index contributed by atoms with van der Waals surface area (Å²) < 4.78 is 0. The van der Waals surface area contributed by atoms with Crippen LogP contribution in [0.5, 0.6) is 0 Å². The van der Waals surface area contributed by atoms with E-state index >= 15 is 0 Å². The lowest BCUT2D eigenvalue weighted by Gasteiger charge is -2.29. The molecule has 292 valence electrons. The fourth-order valence-corrected chi connectivity index (χ4v) is 14.1. The minimum atomic E-state index is -0.172. The van der Waals surface area contributed by atoms with Gasteiger partial charge >= 0.3 is 0 Å². The minimum absolute atomic E-state index is 0.165. The normalized spacial score (nSPS) is 19.8. The van der Waals surface area contributed by atoms with Crippen LogP contribution in [0.15, 0.2) is 170 Å². The van der Waals surface area contributed by atoms with Crippen LogP contribution in [-0.4, -0.2) is 0 Å². The van der Waals surface area contributed by atoms with Crippen molar-refractivity contribution in [3.05, 3.63) is 214 Å². The van der Waals surface area contributed by atoms with Gasteiger partial charge in [0.1, 0.15) is 0 Å². The molecule has 2 saturated carbocycles. The summed E-state index contributed by atoms with van der Waals surface area (Å²) in [4.78, 5) is 0. The summed E-state index contributed by atoms with van der Waals surface area (Å²) in [5.74, 6) is 0. The highest BCUT2D eigenvalue weighted by molar-refractivity contribution is 5.91. The molecule has 3 spiro atoms. The zero-order chi connectivity index (χ0) is 39.9. The van der Waals surface area contributed by atoms with Crippen LogP contribution in [0, 0.1) is 0 Å². The molecule has 0 amide bonds. The van der Waals surface area contributed by atoms with Gasteiger partial charge in [0.2, 0.25) is 0 Å². The molecule has 61 heavy (non-hydrogen) atoms. The van der Waals surface area contributed by atoms with E-state index in [1.54, 1.807) is 22.3 Å². The highest BCUT2D eigenvalue weighted by Crippen LogP contribution is 2.61. The van der Waals surface area contributed by atoms with Gasteiger partial charge in [0.15, 0.2) is 0 Å². The van der Waals surface area contributed by atoms with Crippen molar-refractivity contribution in [3.8, 4) is 66.8 Å². The molecule has 0 nitrogen and oxygen atoms in total. The van der Waals surface area contributed by atoms with Gasteiger partial charge < -0.3 is 0 Å². The number of aryl methyl sites for hydroxylation is 1. The lowest BCUT2D eigenvalue weighted by atomic mass is 9.72. The van der Waals surface area contributed by atoms with Gasteiger partial charge in [0, 0.05) is 16.2 Å². The topological polar surface area (TPSA) is 0 Å². The Bertz CT molecular complexity index is 3160. The molecule has 0 bridgehead atoms. The fraction of sp³-hybridized carbons (Fsp3) is 0.213. The van der Waals surface area contributed by atoms with Crippen LogP contribution in [0.2, 0.25) is 0 Å². The maximum absolute atomic E-state index is 2.59. The molecule has 0 saturated heterocycles. The number of hydrogen-bond donors (Lipinski definition) is 0. The van der Waals surface area contributed by atoms with Gasteiger partial charge in [-0.25, -0.2) is 0 Å². The first kappa shape index (κ1) is 34.5. The van der Waals surface area contributed by atoms with Crippen LogP contribution >= 0.6 is 0 Å². The summed E-state index contributed by atoms with van der Waals surface area (Å²) in [5, 5.41) is 0. The predicted octanol–water partition coefficient (Wildman–Crippen LogP) is 15.6. The van der Waals surface area contributed by atoms with E-state index < -0.39 is 0 Å². The molecule has 0 heteroatoms. The van der Waals surface area contributed by atoms with E-state index in [0.29, 0.717) is 0 Å². The van der Waals surface area contributed by atoms with E-state index in [0.717, 1.165) is 12.8 Å². The van der Waals surface area contributed by atoms with Crippen LogP contribution in [0.1, 0.15) is 102 Å². The number of rotatable bonds is 3. The maximum atomic E-state index is 2.59. The third kappa shape index (κ3) is 4.51. The SMILES string of the molecule is c1cc(-c2ccc3c(c2)C2(CCCC2)c2ccccc2-3)cc(-c2ccc3c(c2)C2(CCc4ccccc42)c2cc(-c4ccc5c(c4)C4(CCCC4)c4ccccc4-5)ccc2-3)c1. The number of benzene rings is 8. The first-order chi connectivity index (χ1) is 30.1. The second-order valence-electron chi connectivity index (χ2n) is 19.4. The van der Waals surface area contributed by atoms with Crippen molar-refractivity contribution in [2.24, 2.45) is 0 Å². The molecule has 2 fully saturated rings. The zero-order valence-corrected chi connectivity index (χ0v) is 34.7. The molecule has 1 atom stereocenters. The Labute approximate surface area is 360 Å². The van der Waals surface area contributed by atoms with Crippen LogP contribution in [0.25, 0.3) is 66.8 Å². The van der Waals surface area contributed by atoms with Crippen molar-refractivity contribution >= 4 is 0 Å². The number of fused-ring (bicyclic) bond motifs is 17. The van der Waals surface area contributed by atoms with Crippen molar-refractivity contribution < 1.29 is 0 Å². The Morgan fingerprint density at radius 3 is 1.13 bits per heavy atom. The Hall–Kier alpha value is -6.24. The lowest BCUT2D eigenvalue weighted by Crippen LogP contribution is -2.23. The summed E-state index contributed by atoms with van der Waals surface area (Å²) >= 11 is 0. The second-order valence-corrected chi connectivity index (χ2v) is 19.4. The van der Waals surface area contributed by atoms with Crippen LogP contribution < -0.4 is 0 Å². The van der Waals surface area contributed by atoms with Crippen molar-refractivity contribution in [1.82, 2.24) is 0 Å². The molecule has 0 heterocycles. The monoisotopic (exact) mass is 780 g/mol. The Balaban J connectivity index is 0.876. The summed E-state index contributed by atoms with van der Waals surface area (Å²) in [5.41, 5.74) is 28.8. The maximum Gasteiger partial charge on any atom is 0.0469 e. The van der Waals surface area contributed by atoms with Crippen molar-refractivity contribution in [2.75, 3.05) is 0 Å². The van der Waals surface area contributed by atoms with Gasteiger partial charge in [-0.1, -0.05) is 165 Å². The molecule has 8 aromatic rings. The van der Waals surface area contributed by atoms with Crippen molar-refractivity contribution in [2.45, 2.75) is 80.5 Å². The van der Waals surface area contributed by atoms with Crippen molar-refractivity contribution in [3.63, 3.8) is 0 Å². The zero-order valence-electron chi connectivity index (χ0n) is 34.7. The minimum Gasteiger partial charge on any atom is -0.0620 e. The standard InChI is InChI=1S/C61H48/c1-4-17-52-39(12-1)28-33-61(52)57-37-44(41-14-11-13-40(34-41)42-20-24-48-46-15-2-5-18-53(46)59(55(48)35-42)29-7-8-30-59)22-26-50(57)51-27-23-45(38-58(51)61)43-21-25-49-47-16-3-6-19-54(47)60(56(49)36-43)31-9-10-32-60/h1-6,11-27,34-38H,7-10,28-33H2. The lowest BCUT2D eigenvalue weighted by molar-refractivity contribution is 0.550.